The number of nitriles is 1. The standard InChI is InChI=1S/C19H26N4O3S/c20-13-17-5-4-12-23(17)19(24)14-21-15-8-10-16(11-9-15)22-27(25,26)18-6-2-1-3-7-18/h1-3,6-7,15-17,21-22H,4-5,8-12,14H2. The maximum atomic E-state index is 12.4. The van der Waals surface area contributed by atoms with Crippen LogP contribution >= 0.6 is 0 Å². The number of carbonyl (C=O) groups excluding carboxylic acids is 1. The number of amides is 1. The molecular formula is C19H26N4O3S. The first kappa shape index (κ1) is 19.8. The molecule has 8 heteroatoms. The molecule has 0 aromatic heterocycles. The zero-order valence-corrected chi connectivity index (χ0v) is 16.1. The lowest BCUT2D eigenvalue weighted by Crippen LogP contribution is -2.46. The Balaban J connectivity index is 1.43. The molecule has 2 fully saturated rings. The highest BCUT2D eigenvalue weighted by Crippen LogP contribution is 2.21. The van der Waals surface area contributed by atoms with Crippen molar-refractivity contribution in [3.63, 3.8) is 0 Å². The van der Waals surface area contributed by atoms with E-state index in [-0.39, 0.29) is 35.5 Å². The fourth-order valence-electron chi connectivity index (χ4n) is 3.84. The lowest BCUT2D eigenvalue weighted by atomic mass is 9.92. The Morgan fingerprint density at radius 2 is 1.78 bits per heavy atom. The Bertz CT molecular complexity index is 783. The van der Waals surface area contributed by atoms with Crippen LogP contribution in [-0.4, -0.2) is 50.4 Å². The van der Waals surface area contributed by atoms with Crippen molar-refractivity contribution < 1.29 is 13.2 Å². The Labute approximate surface area is 160 Å². The molecule has 1 aromatic rings. The van der Waals surface area contributed by atoms with Gasteiger partial charge in [-0.1, -0.05) is 18.2 Å². The molecule has 2 aliphatic rings. The summed E-state index contributed by atoms with van der Waals surface area (Å²) >= 11 is 0. The predicted octanol–water partition coefficient (Wildman–Crippen LogP) is 1.38. The molecule has 1 saturated carbocycles. The van der Waals surface area contributed by atoms with Crippen LogP contribution in [0.1, 0.15) is 38.5 Å². The average molecular weight is 391 g/mol. The Hall–Kier alpha value is -1.95. The van der Waals surface area contributed by atoms with Crippen molar-refractivity contribution in [2.75, 3.05) is 13.1 Å². The molecule has 1 aromatic carbocycles. The molecule has 1 saturated heterocycles. The van der Waals surface area contributed by atoms with Gasteiger partial charge >= 0.3 is 0 Å². The van der Waals surface area contributed by atoms with Crippen LogP contribution in [0.4, 0.5) is 0 Å². The number of nitrogens with one attached hydrogen (secondary N) is 2. The predicted molar refractivity (Wildman–Crippen MR) is 101 cm³/mol. The van der Waals surface area contributed by atoms with Gasteiger partial charge in [0.1, 0.15) is 6.04 Å². The zero-order chi connectivity index (χ0) is 19.3. The molecule has 0 radical (unpaired) electrons. The van der Waals surface area contributed by atoms with Gasteiger partial charge in [-0.3, -0.25) is 4.79 Å². The van der Waals surface area contributed by atoms with E-state index in [0.717, 1.165) is 38.5 Å². The minimum Gasteiger partial charge on any atom is -0.326 e. The van der Waals surface area contributed by atoms with Crippen LogP contribution in [0.3, 0.4) is 0 Å². The zero-order valence-electron chi connectivity index (χ0n) is 15.3. The number of hydrogen-bond acceptors (Lipinski definition) is 5. The molecule has 2 N–H and O–H groups in total. The van der Waals surface area contributed by atoms with E-state index in [9.17, 15) is 13.2 Å². The van der Waals surface area contributed by atoms with Crippen LogP contribution in [0.15, 0.2) is 35.2 Å². The number of benzene rings is 1. The first-order valence-corrected chi connectivity index (χ1v) is 11.0. The van der Waals surface area contributed by atoms with Crippen molar-refractivity contribution >= 4 is 15.9 Å². The van der Waals surface area contributed by atoms with Crippen molar-refractivity contribution in [3.05, 3.63) is 30.3 Å². The minimum atomic E-state index is -3.49. The van der Waals surface area contributed by atoms with Crippen molar-refractivity contribution in [3.8, 4) is 6.07 Å². The largest absolute Gasteiger partial charge is 0.326 e. The topological polar surface area (TPSA) is 102 Å². The summed E-state index contributed by atoms with van der Waals surface area (Å²) in [4.78, 5) is 14.2. The molecule has 1 heterocycles. The van der Waals surface area contributed by atoms with Crippen LogP contribution < -0.4 is 10.0 Å². The highest BCUT2D eigenvalue weighted by atomic mass is 32.2. The van der Waals surface area contributed by atoms with Crippen molar-refractivity contribution in [2.45, 2.75) is 61.5 Å². The first-order valence-electron chi connectivity index (χ1n) is 9.49. The quantitative estimate of drug-likeness (QED) is 0.764. The van der Waals surface area contributed by atoms with Gasteiger partial charge in [-0.25, -0.2) is 13.1 Å². The van der Waals surface area contributed by atoms with Crippen LogP contribution in [0.2, 0.25) is 0 Å². The molecule has 0 spiro atoms. The van der Waals surface area contributed by atoms with E-state index in [4.69, 9.17) is 5.26 Å². The van der Waals surface area contributed by atoms with Gasteiger partial charge in [0.2, 0.25) is 15.9 Å². The lowest BCUT2D eigenvalue weighted by Gasteiger charge is -2.30. The molecule has 1 aliphatic carbocycles. The fourth-order valence-corrected chi connectivity index (χ4v) is 5.16. The SMILES string of the molecule is N#CC1CCCN1C(=O)CNC1CCC(NS(=O)(=O)c2ccccc2)CC1. The van der Waals surface area contributed by atoms with E-state index in [0.29, 0.717) is 6.54 Å². The van der Waals surface area contributed by atoms with Crippen LogP contribution in [-0.2, 0) is 14.8 Å². The summed E-state index contributed by atoms with van der Waals surface area (Å²) in [6.45, 7) is 0.899. The maximum absolute atomic E-state index is 12.4. The van der Waals surface area contributed by atoms with Crippen molar-refractivity contribution in [1.82, 2.24) is 14.9 Å². The van der Waals surface area contributed by atoms with Gasteiger partial charge < -0.3 is 10.2 Å². The highest BCUT2D eigenvalue weighted by molar-refractivity contribution is 7.89. The molecule has 1 aliphatic heterocycles. The molecule has 1 unspecified atom stereocenters. The molecule has 0 bridgehead atoms. The second kappa shape index (κ2) is 8.83. The van der Waals surface area contributed by atoms with Gasteiger partial charge in [-0.2, -0.15) is 5.26 Å². The summed E-state index contributed by atoms with van der Waals surface area (Å²) in [5, 5.41) is 12.4. The van der Waals surface area contributed by atoms with E-state index < -0.39 is 10.0 Å². The maximum Gasteiger partial charge on any atom is 0.240 e. The Morgan fingerprint density at radius 3 is 2.44 bits per heavy atom. The van der Waals surface area contributed by atoms with Gasteiger partial charge in [0.05, 0.1) is 17.5 Å². The van der Waals surface area contributed by atoms with E-state index in [1.54, 1.807) is 35.2 Å². The molecule has 1 atom stereocenters. The number of carbonyl (C=O) groups is 1. The summed E-state index contributed by atoms with van der Waals surface area (Å²) < 4.78 is 27.6. The van der Waals surface area contributed by atoms with Crippen LogP contribution in [0.25, 0.3) is 0 Å². The number of likely N-dealkylation sites (tertiary alicyclic amines) is 1. The third-order valence-corrected chi connectivity index (χ3v) is 6.90. The normalized spacial score (nSPS) is 25.9. The third kappa shape index (κ3) is 5.06. The monoisotopic (exact) mass is 390 g/mol. The molecule has 1 amide bonds. The number of nitrogens with zero attached hydrogens (tertiary/aromatic N) is 2. The van der Waals surface area contributed by atoms with Crippen molar-refractivity contribution in [1.29, 1.82) is 5.26 Å². The second-order valence-corrected chi connectivity index (χ2v) is 8.95. The molecule has 146 valence electrons. The molecule has 7 nitrogen and oxygen atoms in total. The Morgan fingerprint density at radius 1 is 1.11 bits per heavy atom. The van der Waals surface area contributed by atoms with Gasteiger partial charge in [0.25, 0.3) is 0 Å². The molecular weight excluding hydrogens is 364 g/mol. The summed E-state index contributed by atoms with van der Waals surface area (Å²) in [5.74, 6) is -0.0223. The number of sulfonamides is 1. The van der Waals surface area contributed by atoms with E-state index >= 15 is 0 Å². The number of hydrogen-bond donors (Lipinski definition) is 2. The first-order chi connectivity index (χ1) is 13.0. The molecule has 3 rings (SSSR count). The second-order valence-electron chi connectivity index (χ2n) is 7.24. The Kier molecular flexibility index (Phi) is 6.47. The lowest BCUT2D eigenvalue weighted by molar-refractivity contribution is -0.130. The van der Waals surface area contributed by atoms with E-state index in [1.807, 2.05) is 0 Å². The average Bonchev–Trinajstić information content (AvgIpc) is 3.16. The van der Waals surface area contributed by atoms with Gasteiger partial charge in [0, 0.05) is 18.6 Å². The summed E-state index contributed by atoms with van der Waals surface area (Å²) in [7, 11) is -3.49. The van der Waals surface area contributed by atoms with Crippen LogP contribution in [0.5, 0.6) is 0 Å². The van der Waals surface area contributed by atoms with Gasteiger partial charge in [-0.15, -0.1) is 0 Å². The fraction of sp³-hybridized carbons (Fsp3) is 0.579. The smallest absolute Gasteiger partial charge is 0.240 e. The summed E-state index contributed by atoms with van der Waals surface area (Å²) in [6.07, 6.45) is 4.75. The van der Waals surface area contributed by atoms with Gasteiger partial charge in [-0.05, 0) is 50.7 Å². The number of rotatable bonds is 6. The summed E-state index contributed by atoms with van der Waals surface area (Å²) in [5.41, 5.74) is 0. The minimum absolute atomic E-state index is 0.0223. The van der Waals surface area contributed by atoms with Gasteiger partial charge in [0.15, 0.2) is 0 Å². The van der Waals surface area contributed by atoms with E-state index in [1.165, 1.54) is 0 Å². The third-order valence-electron chi connectivity index (χ3n) is 5.37. The van der Waals surface area contributed by atoms with E-state index in [2.05, 4.69) is 16.1 Å². The highest BCUT2D eigenvalue weighted by Gasteiger charge is 2.30. The van der Waals surface area contributed by atoms with Crippen molar-refractivity contribution in [2.24, 2.45) is 0 Å². The molecule has 27 heavy (non-hydrogen) atoms. The van der Waals surface area contributed by atoms with Crippen LogP contribution in [0, 0.1) is 11.3 Å². The summed E-state index contributed by atoms with van der Waals surface area (Å²) in [6, 6.07) is 10.4.